The minimum atomic E-state index is -4.60. The van der Waals surface area contributed by atoms with E-state index in [-0.39, 0.29) is 23.2 Å². The third kappa shape index (κ3) is 6.26. The fourth-order valence-corrected chi connectivity index (χ4v) is 4.03. The summed E-state index contributed by atoms with van der Waals surface area (Å²) in [5.41, 5.74) is -0.934. The number of aromatic nitrogens is 1. The number of anilines is 1. The molecule has 0 radical (unpaired) electrons. The molecule has 3 aromatic carbocycles. The Labute approximate surface area is 225 Å². The van der Waals surface area contributed by atoms with Crippen LogP contribution in [0.25, 0.3) is 11.1 Å². The van der Waals surface area contributed by atoms with E-state index in [0.717, 1.165) is 28.8 Å². The number of amides is 1. The highest BCUT2D eigenvalue weighted by molar-refractivity contribution is 6.04. The minimum Gasteiger partial charge on any atom is -0.480 e. The van der Waals surface area contributed by atoms with Gasteiger partial charge in [-0.25, -0.2) is 9.59 Å². The van der Waals surface area contributed by atoms with Gasteiger partial charge in [0.1, 0.15) is 11.7 Å². The molecule has 0 aliphatic carbocycles. The highest BCUT2D eigenvalue weighted by atomic mass is 19.4. The number of nitrogens with zero attached hydrogens (tertiary/aromatic N) is 1. The number of benzene rings is 3. The molecule has 0 saturated carbocycles. The monoisotopic (exact) mass is 550 g/mol. The number of nitrogens with one attached hydrogen (secondary N) is 1. The van der Waals surface area contributed by atoms with Crippen LogP contribution in [0, 0.1) is 0 Å². The number of aliphatic carboxylic acids is 1. The summed E-state index contributed by atoms with van der Waals surface area (Å²) >= 11 is 0. The maximum Gasteiger partial charge on any atom is 0.416 e. The fourth-order valence-electron chi connectivity index (χ4n) is 4.03. The number of rotatable bonds is 8. The molecule has 0 bridgehead atoms. The van der Waals surface area contributed by atoms with E-state index in [4.69, 9.17) is 0 Å². The Kier molecular flexibility index (Phi) is 7.85. The Morgan fingerprint density at radius 2 is 1.43 bits per heavy atom. The molecule has 1 unspecified atom stereocenters. The van der Waals surface area contributed by atoms with E-state index < -0.39 is 41.2 Å². The third-order valence-electron chi connectivity index (χ3n) is 6.12. The number of halogens is 3. The number of carboxylic acid groups (broad SMARTS) is 2. The van der Waals surface area contributed by atoms with Crippen LogP contribution in [-0.4, -0.2) is 32.6 Å². The lowest BCUT2D eigenvalue weighted by atomic mass is 10.0. The lowest BCUT2D eigenvalue weighted by Crippen LogP contribution is -2.33. The van der Waals surface area contributed by atoms with Crippen molar-refractivity contribution in [3.05, 3.63) is 124 Å². The number of carbonyl (C=O) groups excluding carboxylic acids is 1. The van der Waals surface area contributed by atoms with Crippen LogP contribution in [0.5, 0.6) is 0 Å². The van der Waals surface area contributed by atoms with E-state index in [1.807, 2.05) is 0 Å². The van der Waals surface area contributed by atoms with E-state index in [0.29, 0.717) is 16.7 Å². The SMILES string of the molecule is O=C(O)c1ccc(-c2cc(NC(=O)c3ccc(C(F)(F)F)cc3)c(=O)n(C(Cc3ccccc3)C(=O)O)c2)cc1. The number of aromatic carboxylic acids is 1. The van der Waals surface area contributed by atoms with Crippen molar-refractivity contribution in [1.29, 1.82) is 0 Å². The lowest BCUT2D eigenvalue weighted by molar-refractivity contribution is -0.141. The van der Waals surface area contributed by atoms with Gasteiger partial charge in [-0.2, -0.15) is 13.2 Å². The van der Waals surface area contributed by atoms with Gasteiger partial charge >= 0.3 is 18.1 Å². The minimum absolute atomic E-state index is 0.000363. The number of hydrogen-bond acceptors (Lipinski definition) is 4. The zero-order valence-corrected chi connectivity index (χ0v) is 20.6. The number of pyridine rings is 1. The first-order chi connectivity index (χ1) is 18.9. The summed E-state index contributed by atoms with van der Waals surface area (Å²) in [7, 11) is 0. The molecule has 1 aromatic heterocycles. The molecule has 11 heteroatoms. The zero-order valence-electron chi connectivity index (χ0n) is 20.6. The first kappa shape index (κ1) is 27.8. The molecule has 0 aliphatic heterocycles. The van der Waals surface area contributed by atoms with Gasteiger partial charge < -0.3 is 15.5 Å². The van der Waals surface area contributed by atoms with Crippen LogP contribution in [0.2, 0.25) is 0 Å². The van der Waals surface area contributed by atoms with Gasteiger partial charge in [0.25, 0.3) is 11.5 Å². The first-order valence-corrected chi connectivity index (χ1v) is 11.8. The van der Waals surface area contributed by atoms with Crippen molar-refractivity contribution in [3.8, 4) is 11.1 Å². The molecule has 1 heterocycles. The Hall–Kier alpha value is -5.19. The molecule has 204 valence electrons. The van der Waals surface area contributed by atoms with Gasteiger partial charge in [0, 0.05) is 23.7 Å². The Morgan fingerprint density at radius 3 is 1.98 bits per heavy atom. The average molecular weight is 550 g/mol. The van der Waals surface area contributed by atoms with Gasteiger partial charge in [0.05, 0.1) is 11.1 Å². The van der Waals surface area contributed by atoms with Crippen molar-refractivity contribution in [1.82, 2.24) is 4.57 Å². The summed E-state index contributed by atoms with van der Waals surface area (Å²) in [6, 6.07) is 17.4. The number of hydrogen-bond donors (Lipinski definition) is 3. The Bertz CT molecular complexity index is 1610. The van der Waals surface area contributed by atoms with Crippen molar-refractivity contribution >= 4 is 23.5 Å². The normalized spacial score (nSPS) is 12.0. The van der Waals surface area contributed by atoms with Crippen molar-refractivity contribution in [2.45, 2.75) is 18.6 Å². The van der Waals surface area contributed by atoms with Gasteiger partial charge in [-0.15, -0.1) is 0 Å². The molecule has 40 heavy (non-hydrogen) atoms. The Morgan fingerprint density at radius 1 is 0.825 bits per heavy atom. The molecular weight excluding hydrogens is 529 g/mol. The fraction of sp³-hybridized carbons (Fsp3) is 0.103. The standard InChI is InChI=1S/C29H21F3N2O6/c30-29(31,32)22-12-10-19(11-13-22)25(35)33-23-15-21(18-6-8-20(9-7-18)27(37)38)16-34(26(23)36)24(28(39)40)14-17-4-2-1-3-5-17/h1-13,15-16,24H,14H2,(H,33,35)(H,37,38)(H,39,40). The zero-order chi connectivity index (χ0) is 29.0. The maximum absolute atomic E-state index is 13.4. The van der Waals surface area contributed by atoms with Crippen LogP contribution in [0.3, 0.4) is 0 Å². The predicted octanol–water partition coefficient (Wildman–Crippen LogP) is 5.35. The van der Waals surface area contributed by atoms with Gasteiger partial charge in [-0.1, -0.05) is 42.5 Å². The van der Waals surface area contributed by atoms with Gasteiger partial charge in [0.15, 0.2) is 0 Å². The molecule has 3 N–H and O–H groups in total. The van der Waals surface area contributed by atoms with Gasteiger partial charge in [-0.05, 0) is 53.6 Å². The van der Waals surface area contributed by atoms with Crippen LogP contribution in [0.4, 0.5) is 18.9 Å². The quantitative estimate of drug-likeness (QED) is 0.272. The maximum atomic E-state index is 13.4. The molecule has 4 rings (SSSR count). The van der Waals surface area contributed by atoms with Crippen LogP contribution < -0.4 is 10.9 Å². The lowest BCUT2D eigenvalue weighted by Gasteiger charge is -2.19. The summed E-state index contributed by atoms with van der Waals surface area (Å²) in [5, 5.41) is 21.6. The first-order valence-electron chi connectivity index (χ1n) is 11.8. The Balaban J connectivity index is 1.79. The van der Waals surface area contributed by atoms with Crippen molar-refractivity contribution in [2.75, 3.05) is 5.32 Å². The van der Waals surface area contributed by atoms with Crippen LogP contribution in [0.1, 0.15) is 37.9 Å². The second kappa shape index (κ2) is 11.3. The molecule has 4 aromatic rings. The summed E-state index contributed by atoms with van der Waals surface area (Å²) in [6.45, 7) is 0. The molecule has 0 aliphatic rings. The molecular formula is C29H21F3N2O6. The number of carboxylic acids is 2. The smallest absolute Gasteiger partial charge is 0.416 e. The van der Waals surface area contributed by atoms with Gasteiger partial charge in [0.2, 0.25) is 0 Å². The second-order valence-electron chi connectivity index (χ2n) is 8.81. The highest BCUT2D eigenvalue weighted by Crippen LogP contribution is 2.29. The molecule has 1 amide bonds. The van der Waals surface area contributed by atoms with Crippen LogP contribution in [-0.2, 0) is 17.4 Å². The van der Waals surface area contributed by atoms with E-state index in [1.165, 1.54) is 36.5 Å². The second-order valence-corrected chi connectivity index (χ2v) is 8.81. The summed E-state index contributed by atoms with van der Waals surface area (Å²) in [5.74, 6) is -3.36. The average Bonchev–Trinajstić information content (AvgIpc) is 2.93. The summed E-state index contributed by atoms with van der Waals surface area (Å²) < 4.78 is 39.7. The molecule has 8 nitrogen and oxygen atoms in total. The van der Waals surface area contributed by atoms with E-state index in [9.17, 15) is 42.6 Å². The van der Waals surface area contributed by atoms with Crippen LogP contribution in [0.15, 0.2) is 95.9 Å². The topological polar surface area (TPSA) is 126 Å². The van der Waals surface area contributed by atoms with E-state index in [2.05, 4.69) is 5.32 Å². The van der Waals surface area contributed by atoms with Crippen molar-refractivity contribution in [3.63, 3.8) is 0 Å². The van der Waals surface area contributed by atoms with Gasteiger partial charge in [-0.3, -0.25) is 14.2 Å². The molecule has 0 saturated heterocycles. The third-order valence-corrected chi connectivity index (χ3v) is 6.12. The highest BCUT2D eigenvalue weighted by Gasteiger charge is 2.30. The van der Waals surface area contributed by atoms with Crippen molar-refractivity contribution < 1.29 is 37.8 Å². The molecule has 0 spiro atoms. The summed E-state index contributed by atoms with van der Waals surface area (Å²) in [4.78, 5) is 49.9. The van der Waals surface area contributed by atoms with Crippen LogP contribution >= 0.6 is 0 Å². The number of carbonyl (C=O) groups is 3. The summed E-state index contributed by atoms with van der Waals surface area (Å²) in [6.07, 6.45) is -3.37. The number of alkyl halides is 3. The molecule has 1 atom stereocenters. The predicted molar refractivity (Wildman–Crippen MR) is 139 cm³/mol. The van der Waals surface area contributed by atoms with E-state index in [1.54, 1.807) is 30.3 Å². The largest absolute Gasteiger partial charge is 0.480 e. The van der Waals surface area contributed by atoms with E-state index >= 15 is 0 Å². The molecule has 0 fully saturated rings. The van der Waals surface area contributed by atoms with Crippen molar-refractivity contribution in [2.24, 2.45) is 0 Å².